The fraction of sp³-hybridized carbons (Fsp3) is 0.667. The molecule has 1 saturated carbocycles. The van der Waals surface area contributed by atoms with E-state index in [0.29, 0.717) is 19.6 Å². The SMILES string of the molecule is CCNC(=NCCc1cnn(C)c1)NCCNC(=O)C1CC1.I. The highest BCUT2D eigenvalue weighted by atomic mass is 127. The fourth-order valence-electron chi connectivity index (χ4n) is 2.10. The first-order valence-electron chi connectivity index (χ1n) is 7.96. The lowest BCUT2D eigenvalue weighted by atomic mass is 10.3. The third-order valence-electron chi connectivity index (χ3n) is 3.44. The lowest BCUT2D eigenvalue weighted by Crippen LogP contribution is -2.41. The number of aromatic nitrogens is 2. The Labute approximate surface area is 154 Å². The van der Waals surface area contributed by atoms with E-state index in [0.717, 1.165) is 31.8 Å². The van der Waals surface area contributed by atoms with Crippen molar-refractivity contribution in [2.45, 2.75) is 26.2 Å². The first-order chi connectivity index (χ1) is 10.7. The standard InChI is InChI=1S/C15H26N6O.HI/c1-3-16-15(18-7-6-12-10-20-21(2)11-12)19-9-8-17-14(22)13-4-5-13;/h10-11,13H,3-9H2,1-2H3,(H,17,22)(H2,16,18,19);1H. The molecule has 0 aromatic carbocycles. The average Bonchev–Trinajstić information content (AvgIpc) is 3.27. The highest BCUT2D eigenvalue weighted by Crippen LogP contribution is 2.28. The number of halogens is 1. The number of carbonyl (C=O) groups excluding carboxylic acids is 1. The van der Waals surface area contributed by atoms with Crippen molar-refractivity contribution in [3.63, 3.8) is 0 Å². The summed E-state index contributed by atoms with van der Waals surface area (Å²) in [5, 5.41) is 13.5. The van der Waals surface area contributed by atoms with Crippen LogP contribution in [-0.2, 0) is 18.3 Å². The van der Waals surface area contributed by atoms with Gasteiger partial charge in [0.05, 0.1) is 6.20 Å². The van der Waals surface area contributed by atoms with Crippen LogP contribution in [0.2, 0.25) is 0 Å². The van der Waals surface area contributed by atoms with Crippen LogP contribution in [0, 0.1) is 5.92 Å². The van der Waals surface area contributed by atoms with Gasteiger partial charge in [0.1, 0.15) is 0 Å². The molecule has 1 fully saturated rings. The molecule has 1 aliphatic rings. The van der Waals surface area contributed by atoms with Gasteiger partial charge in [-0.05, 0) is 31.7 Å². The van der Waals surface area contributed by atoms with Crippen molar-refractivity contribution in [2.24, 2.45) is 18.0 Å². The summed E-state index contributed by atoms with van der Waals surface area (Å²) in [6.07, 6.45) is 6.81. The maximum absolute atomic E-state index is 11.5. The molecule has 1 heterocycles. The first kappa shape index (κ1) is 19.7. The number of nitrogens with zero attached hydrogens (tertiary/aromatic N) is 3. The predicted molar refractivity (Wildman–Crippen MR) is 102 cm³/mol. The molecule has 1 aromatic rings. The second kappa shape index (κ2) is 10.5. The van der Waals surface area contributed by atoms with Crippen molar-refractivity contribution >= 4 is 35.8 Å². The van der Waals surface area contributed by atoms with Gasteiger partial charge in [-0.1, -0.05) is 0 Å². The molecule has 1 amide bonds. The Kier molecular flexibility index (Phi) is 8.97. The Morgan fingerprint density at radius 1 is 1.35 bits per heavy atom. The molecular formula is C15H27IN6O. The second-order valence-electron chi connectivity index (χ2n) is 5.52. The zero-order valence-corrected chi connectivity index (χ0v) is 16.2. The lowest BCUT2D eigenvalue weighted by molar-refractivity contribution is -0.122. The van der Waals surface area contributed by atoms with E-state index in [-0.39, 0.29) is 35.8 Å². The minimum Gasteiger partial charge on any atom is -0.357 e. The zero-order chi connectivity index (χ0) is 15.8. The summed E-state index contributed by atoms with van der Waals surface area (Å²) in [6.45, 7) is 4.86. The number of guanidine groups is 1. The Morgan fingerprint density at radius 3 is 2.70 bits per heavy atom. The van der Waals surface area contributed by atoms with Gasteiger partial charge in [-0.2, -0.15) is 5.10 Å². The third kappa shape index (κ3) is 7.67. The summed E-state index contributed by atoms with van der Waals surface area (Å²) in [6, 6.07) is 0. The zero-order valence-electron chi connectivity index (χ0n) is 13.8. The molecule has 0 saturated heterocycles. The number of amides is 1. The Bertz CT molecular complexity index is 512. The summed E-state index contributed by atoms with van der Waals surface area (Å²) < 4.78 is 1.80. The van der Waals surface area contributed by atoms with Gasteiger partial charge in [0.2, 0.25) is 5.91 Å². The van der Waals surface area contributed by atoms with Crippen molar-refractivity contribution in [1.29, 1.82) is 0 Å². The predicted octanol–water partition coefficient (Wildman–Crippen LogP) is 0.662. The summed E-state index contributed by atoms with van der Waals surface area (Å²) >= 11 is 0. The van der Waals surface area contributed by atoms with Crippen LogP contribution in [-0.4, -0.2) is 47.8 Å². The molecule has 0 bridgehead atoms. The van der Waals surface area contributed by atoms with E-state index in [9.17, 15) is 4.79 Å². The largest absolute Gasteiger partial charge is 0.357 e. The molecule has 3 N–H and O–H groups in total. The minimum absolute atomic E-state index is 0. The summed E-state index contributed by atoms with van der Waals surface area (Å²) in [5.74, 6) is 1.23. The quantitative estimate of drug-likeness (QED) is 0.243. The van der Waals surface area contributed by atoms with Crippen LogP contribution in [0.4, 0.5) is 0 Å². The molecule has 0 atom stereocenters. The van der Waals surface area contributed by atoms with E-state index in [1.54, 1.807) is 4.68 Å². The van der Waals surface area contributed by atoms with Gasteiger partial charge >= 0.3 is 0 Å². The minimum atomic E-state index is 0. The highest BCUT2D eigenvalue weighted by molar-refractivity contribution is 14.0. The highest BCUT2D eigenvalue weighted by Gasteiger charge is 2.28. The third-order valence-corrected chi connectivity index (χ3v) is 3.44. The number of aryl methyl sites for hydroxylation is 1. The van der Waals surface area contributed by atoms with Crippen molar-refractivity contribution in [2.75, 3.05) is 26.2 Å². The van der Waals surface area contributed by atoms with Gasteiger partial charge in [0.25, 0.3) is 0 Å². The van der Waals surface area contributed by atoms with E-state index < -0.39 is 0 Å². The number of hydrogen-bond donors (Lipinski definition) is 3. The number of aliphatic imine (C=N–C) groups is 1. The van der Waals surface area contributed by atoms with Crippen LogP contribution >= 0.6 is 24.0 Å². The molecule has 0 aliphatic heterocycles. The second-order valence-corrected chi connectivity index (χ2v) is 5.52. The first-order valence-corrected chi connectivity index (χ1v) is 7.96. The maximum atomic E-state index is 11.5. The Balaban J connectivity index is 0.00000264. The number of rotatable bonds is 8. The Morgan fingerprint density at radius 2 is 2.09 bits per heavy atom. The number of hydrogen-bond acceptors (Lipinski definition) is 3. The van der Waals surface area contributed by atoms with E-state index in [2.05, 4.69) is 26.0 Å². The van der Waals surface area contributed by atoms with E-state index in [1.807, 2.05) is 26.4 Å². The Hall–Kier alpha value is -1.32. The smallest absolute Gasteiger partial charge is 0.223 e. The van der Waals surface area contributed by atoms with Gasteiger partial charge in [0.15, 0.2) is 5.96 Å². The lowest BCUT2D eigenvalue weighted by Gasteiger charge is -2.11. The van der Waals surface area contributed by atoms with Crippen LogP contribution in [0.1, 0.15) is 25.3 Å². The van der Waals surface area contributed by atoms with Crippen LogP contribution in [0.15, 0.2) is 17.4 Å². The normalized spacial score (nSPS) is 14.1. The molecule has 0 spiro atoms. The van der Waals surface area contributed by atoms with Gasteiger partial charge in [0, 0.05) is 45.3 Å². The monoisotopic (exact) mass is 434 g/mol. The molecule has 0 unspecified atom stereocenters. The summed E-state index contributed by atoms with van der Waals surface area (Å²) in [5.41, 5.74) is 1.18. The number of nitrogens with one attached hydrogen (secondary N) is 3. The van der Waals surface area contributed by atoms with Crippen molar-refractivity contribution in [1.82, 2.24) is 25.7 Å². The van der Waals surface area contributed by atoms with Crippen LogP contribution < -0.4 is 16.0 Å². The van der Waals surface area contributed by atoms with Crippen LogP contribution in [0.5, 0.6) is 0 Å². The molecule has 23 heavy (non-hydrogen) atoms. The summed E-state index contributed by atoms with van der Waals surface area (Å²) in [7, 11) is 1.91. The van der Waals surface area contributed by atoms with Gasteiger partial charge in [-0.15, -0.1) is 24.0 Å². The maximum Gasteiger partial charge on any atom is 0.223 e. The summed E-state index contributed by atoms with van der Waals surface area (Å²) in [4.78, 5) is 16.0. The van der Waals surface area contributed by atoms with Crippen molar-refractivity contribution in [3.05, 3.63) is 18.0 Å². The van der Waals surface area contributed by atoms with Gasteiger partial charge in [-0.25, -0.2) is 0 Å². The van der Waals surface area contributed by atoms with E-state index >= 15 is 0 Å². The topological polar surface area (TPSA) is 83.3 Å². The molecule has 0 radical (unpaired) electrons. The van der Waals surface area contributed by atoms with Crippen molar-refractivity contribution in [3.8, 4) is 0 Å². The van der Waals surface area contributed by atoms with Gasteiger partial charge < -0.3 is 16.0 Å². The van der Waals surface area contributed by atoms with E-state index in [4.69, 9.17) is 0 Å². The fourth-order valence-corrected chi connectivity index (χ4v) is 2.10. The average molecular weight is 434 g/mol. The molecule has 1 aliphatic carbocycles. The molecular weight excluding hydrogens is 407 g/mol. The molecule has 2 rings (SSSR count). The van der Waals surface area contributed by atoms with Crippen LogP contribution in [0.3, 0.4) is 0 Å². The van der Waals surface area contributed by atoms with E-state index in [1.165, 1.54) is 5.56 Å². The molecule has 8 heteroatoms. The molecule has 7 nitrogen and oxygen atoms in total. The van der Waals surface area contributed by atoms with Crippen molar-refractivity contribution < 1.29 is 4.79 Å². The molecule has 130 valence electrons. The number of carbonyl (C=O) groups is 1. The van der Waals surface area contributed by atoms with Gasteiger partial charge in [-0.3, -0.25) is 14.5 Å². The molecule has 1 aromatic heterocycles. The van der Waals surface area contributed by atoms with Crippen LogP contribution in [0.25, 0.3) is 0 Å².